The summed E-state index contributed by atoms with van der Waals surface area (Å²) in [5.74, 6) is 0.469. The van der Waals surface area contributed by atoms with Gasteiger partial charge in [0.25, 0.3) is 0 Å². The first kappa shape index (κ1) is 13.1. The SMILES string of the molecule is Cc1ccc(SCC(=O)N[C@@H](C)CN)cc1. The maximum absolute atomic E-state index is 11.5. The number of rotatable bonds is 5. The molecule has 0 bridgehead atoms. The Kier molecular flexibility index (Phi) is 5.35. The van der Waals surface area contributed by atoms with Crippen molar-refractivity contribution in [1.82, 2.24) is 5.32 Å². The van der Waals surface area contributed by atoms with Crippen LogP contribution in [-0.4, -0.2) is 24.2 Å². The molecular formula is C12H18N2OS. The second kappa shape index (κ2) is 6.55. The molecular weight excluding hydrogens is 220 g/mol. The van der Waals surface area contributed by atoms with Gasteiger partial charge in [-0.05, 0) is 26.0 Å². The monoisotopic (exact) mass is 238 g/mol. The summed E-state index contributed by atoms with van der Waals surface area (Å²) >= 11 is 1.54. The minimum Gasteiger partial charge on any atom is -0.352 e. The average Bonchev–Trinajstić information content (AvgIpc) is 2.28. The van der Waals surface area contributed by atoms with Gasteiger partial charge in [0.2, 0.25) is 5.91 Å². The van der Waals surface area contributed by atoms with Gasteiger partial charge in [-0.2, -0.15) is 0 Å². The van der Waals surface area contributed by atoms with E-state index in [1.165, 1.54) is 17.3 Å². The minimum atomic E-state index is 0.0310. The molecule has 4 heteroatoms. The van der Waals surface area contributed by atoms with E-state index in [0.717, 1.165) is 4.90 Å². The van der Waals surface area contributed by atoms with E-state index in [4.69, 9.17) is 5.73 Å². The zero-order valence-corrected chi connectivity index (χ0v) is 10.5. The van der Waals surface area contributed by atoms with Crippen LogP contribution >= 0.6 is 11.8 Å². The lowest BCUT2D eigenvalue weighted by atomic mass is 10.2. The average molecular weight is 238 g/mol. The van der Waals surface area contributed by atoms with Crippen LogP contribution in [0.25, 0.3) is 0 Å². The molecule has 1 atom stereocenters. The van der Waals surface area contributed by atoms with Gasteiger partial charge in [-0.15, -0.1) is 11.8 Å². The molecule has 0 aliphatic heterocycles. The van der Waals surface area contributed by atoms with E-state index in [1.807, 2.05) is 38.1 Å². The molecule has 16 heavy (non-hydrogen) atoms. The molecule has 0 aliphatic rings. The van der Waals surface area contributed by atoms with Crippen molar-refractivity contribution in [2.24, 2.45) is 5.73 Å². The van der Waals surface area contributed by atoms with Crippen molar-refractivity contribution in [3.8, 4) is 0 Å². The number of nitrogens with one attached hydrogen (secondary N) is 1. The quantitative estimate of drug-likeness (QED) is 0.765. The molecule has 0 spiro atoms. The fraction of sp³-hybridized carbons (Fsp3) is 0.417. The van der Waals surface area contributed by atoms with E-state index in [0.29, 0.717) is 12.3 Å². The molecule has 1 amide bonds. The van der Waals surface area contributed by atoms with Crippen LogP contribution in [0.4, 0.5) is 0 Å². The Labute approximate surface area is 101 Å². The summed E-state index contributed by atoms with van der Waals surface area (Å²) in [7, 11) is 0. The van der Waals surface area contributed by atoms with Crippen LogP contribution in [0.5, 0.6) is 0 Å². The molecule has 0 aliphatic carbocycles. The van der Waals surface area contributed by atoms with E-state index >= 15 is 0 Å². The molecule has 0 unspecified atom stereocenters. The fourth-order valence-corrected chi connectivity index (χ4v) is 1.87. The fourth-order valence-electron chi connectivity index (χ4n) is 1.16. The van der Waals surface area contributed by atoms with Gasteiger partial charge in [-0.1, -0.05) is 17.7 Å². The van der Waals surface area contributed by atoms with Crippen molar-refractivity contribution in [2.75, 3.05) is 12.3 Å². The second-order valence-electron chi connectivity index (χ2n) is 3.81. The van der Waals surface area contributed by atoms with Gasteiger partial charge in [-0.25, -0.2) is 0 Å². The lowest BCUT2D eigenvalue weighted by Crippen LogP contribution is -2.38. The van der Waals surface area contributed by atoms with E-state index in [-0.39, 0.29) is 11.9 Å². The number of aryl methyl sites for hydroxylation is 1. The van der Waals surface area contributed by atoms with Crippen molar-refractivity contribution < 1.29 is 4.79 Å². The van der Waals surface area contributed by atoms with Gasteiger partial charge < -0.3 is 11.1 Å². The largest absolute Gasteiger partial charge is 0.352 e. The van der Waals surface area contributed by atoms with Crippen molar-refractivity contribution in [3.63, 3.8) is 0 Å². The van der Waals surface area contributed by atoms with Gasteiger partial charge in [0, 0.05) is 17.5 Å². The number of carbonyl (C=O) groups excluding carboxylic acids is 1. The highest BCUT2D eigenvalue weighted by molar-refractivity contribution is 8.00. The summed E-state index contributed by atoms with van der Waals surface area (Å²) in [6.45, 7) is 4.42. The molecule has 0 saturated carbocycles. The smallest absolute Gasteiger partial charge is 0.230 e. The lowest BCUT2D eigenvalue weighted by Gasteiger charge is -2.10. The molecule has 1 aromatic carbocycles. The molecule has 0 aromatic heterocycles. The van der Waals surface area contributed by atoms with E-state index in [2.05, 4.69) is 5.32 Å². The van der Waals surface area contributed by atoms with Crippen molar-refractivity contribution in [1.29, 1.82) is 0 Å². The van der Waals surface area contributed by atoms with Gasteiger partial charge >= 0.3 is 0 Å². The summed E-state index contributed by atoms with van der Waals surface area (Å²) < 4.78 is 0. The normalized spacial score (nSPS) is 12.2. The van der Waals surface area contributed by atoms with Crippen LogP contribution in [0, 0.1) is 6.92 Å². The van der Waals surface area contributed by atoms with Gasteiger partial charge in [0.15, 0.2) is 0 Å². The highest BCUT2D eigenvalue weighted by Gasteiger charge is 2.05. The third-order valence-electron chi connectivity index (χ3n) is 2.15. The predicted molar refractivity (Wildman–Crippen MR) is 68.6 cm³/mol. The van der Waals surface area contributed by atoms with E-state index in [9.17, 15) is 4.79 Å². The molecule has 0 saturated heterocycles. The Morgan fingerprint density at radius 3 is 2.62 bits per heavy atom. The Balaban J connectivity index is 2.34. The van der Waals surface area contributed by atoms with Gasteiger partial charge in [0.05, 0.1) is 5.75 Å². The maximum atomic E-state index is 11.5. The van der Waals surface area contributed by atoms with Crippen LogP contribution in [0.2, 0.25) is 0 Å². The molecule has 0 radical (unpaired) electrons. The lowest BCUT2D eigenvalue weighted by molar-refractivity contribution is -0.119. The van der Waals surface area contributed by atoms with Crippen molar-refractivity contribution >= 4 is 17.7 Å². The third kappa shape index (κ3) is 4.68. The topological polar surface area (TPSA) is 55.1 Å². The summed E-state index contributed by atoms with van der Waals surface area (Å²) in [4.78, 5) is 12.6. The zero-order chi connectivity index (χ0) is 12.0. The first-order valence-electron chi connectivity index (χ1n) is 5.30. The Bertz CT molecular complexity index is 337. The van der Waals surface area contributed by atoms with Crippen molar-refractivity contribution in [2.45, 2.75) is 24.8 Å². The molecule has 88 valence electrons. The molecule has 0 heterocycles. The van der Waals surface area contributed by atoms with Crippen LogP contribution in [0.1, 0.15) is 12.5 Å². The molecule has 0 fully saturated rings. The minimum absolute atomic E-state index is 0.0310. The number of carbonyl (C=O) groups is 1. The number of hydrogen-bond donors (Lipinski definition) is 2. The first-order chi connectivity index (χ1) is 7.61. The van der Waals surface area contributed by atoms with Gasteiger partial charge in [-0.3, -0.25) is 4.79 Å². The summed E-state index contributed by atoms with van der Waals surface area (Å²) in [6.07, 6.45) is 0. The Hall–Kier alpha value is -1.00. The summed E-state index contributed by atoms with van der Waals surface area (Å²) in [5.41, 5.74) is 6.65. The van der Waals surface area contributed by atoms with Crippen LogP contribution < -0.4 is 11.1 Å². The third-order valence-corrected chi connectivity index (χ3v) is 3.16. The summed E-state index contributed by atoms with van der Waals surface area (Å²) in [6, 6.07) is 8.19. The number of nitrogens with two attached hydrogens (primary N) is 1. The van der Waals surface area contributed by atoms with E-state index < -0.39 is 0 Å². The standard InChI is InChI=1S/C12H18N2OS/c1-9-3-5-11(6-4-9)16-8-12(15)14-10(2)7-13/h3-6,10H,7-8,13H2,1-2H3,(H,14,15)/t10-/m0/s1. The first-order valence-corrected chi connectivity index (χ1v) is 6.29. The van der Waals surface area contributed by atoms with Crippen LogP contribution in [0.3, 0.4) is 0 Å². The highest BCUT2D eigenvalue weighted by Crippen LogP contribution is 2.17. The Morgan fingerprint density at radius 2 is 2.06 bits per heavy atom. The van der Waals surface area contributed by atoms with Crippen LogP contribution in [0.15, 0.2) is 29.2 Å². The van der Waals surface area contributed by atoms with Gasteiger partial charge in [0.1, 0.15) is 0 Å². The number of amides is 1. The predicted octanol–water partition coefficient (Wildman–Crippen LogP) is 1.55. The van der Waals surface area contributed by atoms with E-state index in [1.54, 1.807) is 0 Å². The highest BCUT2D eigenvalue weighted by atomic mass is 32.2. The van der Waals surface area contributed by atoms with Crippen LogP contribution in [-0.2, 0) is 4.79 Å². The zero-order valence-electron chi connectivity index (χ0n) is 9.69. The molecule has 1 rings (SSSR count). The molecule has 3 N–H and O–H groups in total. The van der Waals surface area contributed by atoms with Crippen molar-refractivity contribution in [3.05, 3.63) is 29.8 Å². The number of benzene rings is 1. The Morgan fingerprint density at radius 1 is 1.44 bits per heavy atom. The maximum Gasteiger partial charge on any atom is 0.230 e. The number of hydrogen-bond acceptors (Lipinski definition) is 3. The second-order valence-corrected chi connectivity index (χ2v) is 4.85. The number of thioether (sulfide) groups is 1. The summed E-state index contributed by atoms with van der Waals surface area (Å²) in [5, 5.41) is 2.83. The molecule has 3 nitrogen and oxygen atoms in total. The molecule has 1 aromatic rings.